The minimum absolute atomic E-state index is 0.783. The molecule has 3 atom stereocenters. The molecule has 0 radical (unpaired) electrons. The molecule has 0 aliphatic heterocycles. The van der Waals surface area contributed by atoms with Crippen LogP contribution in [0.4, 0.5) is 0 Å². The van der Waals surface area contributed by atoms with Crippen molar-refractivity contribution in [1.82, 2.24) is 0 Å². The van der Waals surface area contributed by atoms with E-state index < -0.39 is 0 Å². The highest BCUT2D eigenvalue weighted by Gasteiger charge is 2.14. The number of allylic oxidation sites excluding steroid dienone is 2. The molecule has 0 N–H and O–H groups in total. The van der Waals surface area contributed by atoms with Crippen LogP contribution in [0.3, 0.4) is 0 Å². The van der Waals surface area contributed by atoms with E-state index in [4.69, 9.17) is 0 Å². The van der Waals surface area contributed by atoms with Gasteiger partial charge in [0.25, 0.3) is 0 Å². The summed E-state index contributed by atoms with van der Waals surface area (Å²) >= 11 is 0. The minimum Gasteiger partial charge on any atom is -0.0883 e. The molecule has 70 valence electrons. The second-order valence-electron chi connectivity index (χ2n) is 4.54. The van der Waals surface area contributed by atoms with Crippen LogP contribution in [0, 0.1) is 17.8 Å². The molecule has 0 amide bonds. The van der Waals surface area contributed by atoms with Gasteiger partial charge in [-0.15, -0.1) is 0 Å². The summed E-state index contributed by atoms with van der Waals surface area (Å²) in [7, 11) is 0. The average Bonchev–Trinajstić information content (AvgIpc) is 2.07. The Balaban J connectivity index is 2.51. The Labute approximate surface area is 77.1 Å². The average molecular weight is 166 g/mol. The van der Waals surface area contributed by atoms with Gasteiger partial charge < -0.3 is 0 Å². The molecule has 0 aromatic rings. The zero-order chi connectivity index (χ0) is 8.97. The number of hydrogen-bond acceptors (Lipinski definition) is 0. The third kappa shape index (κ3) is 3.00. The zero-order valence-electron chi connectivity index (χ0n) is 8.72. The van der Waals surface area contributed by atoms with E-state index in [1.807, 2.05) is 0 Å². The van der Waals surface area contributed by atoms with E-state index >= 15 is 0 Å². The molecule has 0 aromatic heterocycles. The minimum atomic E-state index is 0.783. The summed E-state index contributed by atoms with van der Waals surface area (Å²) in [6.07, 6.45) is 10.3. The zero-order valence-corrected chi connectivity index (χ0v) is 8.72. The van der Waals surface area contributed by atoms with E-state index in [-0.39, 0.29) is 0 Å². The van der Waals surface area contributed by atoms with Crippen LogP contribution >= 0.6 is 0 Å². The molecule has 12 heavy (non-hydrogen) atoms. The molecular weight excluding hydrogens is 144 g/mol. The molecule has 1 rings (SSSR count). The lowest BCUT2D eigenvalue weighted by atomic mass is 9.86. The van der Waals surface area contributed by atoms with Crippen molar-refractivity contribution in [2.45, 2.75) is 46.5 Å². The maximum atomic E-state index is 2.41. The van der Waals surface area contributed by atoms with Crippen LogP contribution in [0.25, 0.3) is 0 Å². The molecule has 0 saturated heterocycles. The lowest BCUT2D eigenvalue weighted by Gasteiger charge is -2.19. The van der Waals surface area contributed by atoms with E-state index in [0.29, 0.717) is 0 Å². The van der Waals surface area contributed by atoms with Crippen molar-refractivity contribution in [2.24, 2.45) is 17.8 Å². The van der Waals surface area contributed by atoms with Crippen molar-refractivity contribution in [3.63, 3.8) is 0 Å². The molecule has 0 saturated carbocycles. The van der Waals surface area contributed by atoms with E-state index in [1.165, 1.54) is 25.7 Å². The first-order valence-corrected chi connectivity index (χ1v) is 5.37. The van der Waals surface area contributed by atoms with Crippen molar-refractivity contribution >= 4 is 0 Å². The largest absolute Gasteiger partial charge is 0.0883 e. The molecular formula is C12H22. The fourth-order valence-electron chi connectivity index (χ4n) is 2.05. The van der Waals surface area contributed by atoms with Crippen molar-refractivity contribution in [1.29, 1.82) is 0 Å². The molecule has 1 aliphatic rings. The molecule has 3 unspecified atom stereocenters. The Morgan fingerprint density at radius 2 is 1.92 bits per heavy atom. The van der Waals surface area contributed by atoms with Gasteiger partial charge in [0, 0.05) is 0 Å². The highest BCUT2D eigenvalue weighted by molar-refractivity contribution is 4.90. The predicted octanol–water partition coefficient (Wildman–Crippen LogP) is 4.02. The quantitative estimate of drug-likeness (QED) is 0.477. The molecule has 0 spiro atoms. The Hall–Kier alpha value is -0.260. The van der Waals surface area contributed by atoms with Gasteiger partial charge in [0.1, 0.15) is 0 Å². The van der Waals surface area contributed by atoms with Crippen LogP contribution in [0.15, 0.2) is 12.2 Å². The smallest absolute Gasteiger partial charge is 0.0236 e. The van der Waals surface area contributed by atoms with Gasteiger partial charge in [-0.1, -0.05) is 39.3 Å². The van der Waals surface area contributed by atoms with E-state index in [0.717, 1.165) is 17.8 Å². The first-order valence-electron chi connectivity index (χ1n) is 5.37. The Bertz CT molecular complexity index is 146. The predicted molar refractivity (Wildman–Crippen MR) is 55.1 cm³/mol. The van der Waals surface area contributed by atoms with E-state index in [1.54, 1.807) is 0 Å². The Morgan fingerprint density at radius 3 is 2.67 bits per heavy atom. The number of hydrogen-bond donors (Lipinski definition) is 0. The van der Waals surface area contributed by atoms with Gasteiger partial charge in [-0.3, -0.25) is 0 Å². The highest BCUT2D eigenvalue weighted by Crippen LogP contribution is 2.26. The third-order valence-corrected chi connectivity index (χ3v) is 3.18. The van der Waals surface area contributed by atoms with Gasteiger partial charge in [0.2, 0.25) is 0 Å². The molecule has 0 nitrogen and oxygen atoms in total. The maximum absolute atomic E-state index is 2.41. The molecule has 0 heteroatoms. The Kier molecular flexibility index (Phi) is 3.84. The van der Waals surface area contributed by atoms with Gasteiger partial charge in [-0.25, -0.2) is 0 Å². The lowest BCUT2D eigenvalue weighted by Crippen LogP contribution is -2.09. The molecule has 0 aromatic carbocycles. The van der Waals surface area contributed by atoms with Crippen LogP contribution in [0.2, 0.25) is 0 Å². The van der Waals surface area contributed by atoms with Crippen LogP contribution in [0.1, 0.15) is 46.5 Å². The summed E-state index contributed by atoms with van der Waals surface area (Å²) in [5, 5.41) is 0. The monoisotopic (exact) mass is 166 g/mol. The lowest BCUT2D eigenvalue weighted by molar-refractivity contribution is 0.343. The first kappa shape index (κ1) is 9.83. The summed E-state index contributed by atoms with van der Waals surface area (Å²) in [5.74, 6) is 2.59. The molecule has 0 heterocycles. The van der Waals surface area contributed by atoms with Gasteiger partial charge in [-0.05, 0) is 37.0 Å². The maximum Gasteiger partial charge on any atom is -0.0236 e. The van der Waals surface area contributed by atoms with Crippen LogP contribution in [-0.2, 0) is 0 Å². The van der Waals surface area contributed by atoms with Crippen molar-refractivity contribution in [2.75, 3.05) is 0 Å². The summed E-state index contributed by atoms with van der Waals surface area (Å²) < 4.78 is 0. The van der Waals surface area contributed by atoms with Gasteiger partial charge in [0.05, 0.1) is 0 Å². The third-order valence-electron chi connectivity index (χ3n) is 3.18. The topological polar surface area (TPSA) is 0 Å². The molecule has 0 fully saturated rings. The van der Waals surface area contributed by atoms with E-state index in [2.05, 4.69) is 32.9 Å². The first-order chi connectivity index (χ1) is 5.70. The van der Waals surface area contributed by atoms with Crippen molar-refractivity contribution < 1.29 is 0 Å². The normalized spacial score (nSPS) is 38.4. The fraction of sp³-hybridized carbons (Fsp3) is 0.833. The van der Waals surface area contributed by atoms with Gasteiger partial charge >= 0.3 is 0 Å². The van der Waals surface area contributed by atoms with Gasteiger partial charge in [-0.2, -0.15) is 0 Å². The molecule has 0 bridgehead atoms. The second kappa shape index (κ2) is 4.69. The Morgan fingerprint density at radius 1 is 1.17 bits per heavy atom. The van der Waals surface area contributed by atoms with Crippen LogP contribution < -0.4 is 0 Å². The van der Waals surface area contributed by atoms with Crippen molar-refractivity contribution in [3.8, 4) is 0 Å². The van der Waals surface area contributed by atoms with Crippen LogP contribution in [0.5, 0.6) is 0 Å². The van der Waals surface area contributed by atoms with Crippen LogP contribution in [-0.4, -0.2) is 0 Å². The summed E-state index contributed by atoms with van der Waals surface area (Å²) in [4.78, 5) is 0. The highest BCUT2D eigenvalue weighted by atomic mass is 14.2. The SMILES string of the molecule is CC1CCCC=CC(C)C(C)C1. The van der Waals surface area contributed by atoms with E-state index in [9.17, 15) is 0 Å². The summed E-state index contributed by atoms with van der Waals surface area (Å²) in [5.41, 5.74) is 0. The standard InChI is InChI=1S/C12H22/c1-10-7-5-4-6-8-11(2)12(3)9-10/h6,8,10-12H,4-5,7,9H2,1-3H3. The fourth-order valence-corrected chi connectivity index (χ4v) is 2.05. The van der Waals surface area contributed by atoms with Crippen molar-refractivity contribution in [3.05, 3.63) is 12.2 Å². The summed E-state index contributed by atoms with van der Waals surface area (Å²) in [6.45, 7) is 7.13. The summed E-state index contributed by atoms with van der Waals surface area (Å²) in [6, 6.07) is 0. The molecule has 1 aliphatic carbocycles. The van der Waals surface area contributed by atoms with Gasteiger partial charge in [0.15, 0.2) is 0 Å². The second-order valence-corrected chi connectivity index (χ2v) is 4.54. The number of rotatable bonds is 0.